The predicted molar refractivity (Wildman–Crippen MR) is 102 cm³/mol. The molecule has 0 saturated carbocycles. The number of ether oxygens (including phenoxy) is 1. The van der Waals surface area contributed by atoms with Gasteiger partial charge in [-0.05, 0) is 0 Å². The van der Waals surface area contributed by atoms with E-state index in [1.54, 1.807) is 41.6 Å². The number of carbonyl (C=O) groups excluding carboxylic acids is 1. The van der Waals surface area contributed by atoms with E-state index in [0.29, 0.717) is 11.3 Å². The van der Waals surface area contributed by atoms with Crippen LogP contribution in [-0.2, 0) is 29.6 Å². The van der Waals surface area contributed by atoms with E-state index >= 15 is 0 Å². The van der Waals surface area contributed by atoms with E-state index in [1.807, 2.05) is 0 Å². The molecule has 148 valence electrons. The fourth-order valence-corrected chi connectivity index (χ4v) is 4.30. The summed E-state index contributed by atoms with van der Waals surface area (Å²) in [7, 11) is 11.9. The summed E-state index contributed by atoms with van der Waals surface area (Å²) in [5, 5.41) is 0. The molecule has 8 heteroatoms. The molecule has 2 aromatic rings. The van der Waals surface area contributed by atoms with Crippen LogP contribution in [0.15, 0.2) is 42.5 Å². The average molecular weight is 503 g/mol. The quantitative estimate of drug-likeness (QED) is 0.394. The second-order valence-corrected chi connectivity index (χ2v) is 11.7. The van der Waals surface area contributed by atoms with Crippen LogP contribution in [0.1, 0.15) is 25.0 Å². The number of halogens is 4. The molecule has 0 saturated heterocycles. The molecule has 0 unspecified atom stereocenters. The zero-order chi connectivity index (χ0) is 20.0. The first kappa shape index (κ1) is 21.9. The van der Waals surface area contributed by atoms with Crippen molar-refractivity contribution in [2.24, 2.45) is 0 Å². The molecule has 0 aromatic heterocycles. The maximum absolute atomic E-state index is 13.6. The molecule has 3 nitrogen and oxygen atoms in total. The molecule has 2 aromatic carbocycles. The van der Waals surface area contributed by atoms with E-state index in [0.717, 1.165) is 5.56 Å². The summed E-state index contributed by atoms with van der Waals surface area (Å²) in [5.74, 6) is -1.19. The van der Waals surface area contributed by atoms with Crippen LogP contribution in [0.2, 0.25) is 0 Å². The number of rotatable bonds is 7. The van der Waals surface area contributed by atoms with Crippen molar-refractivity contribution in [1.82, 2.24) is 0 Å². The molecular weight excluding hydrogens is 484 g/mol. The molecule has 0 heterocycles. The third-order valence-electron chi connectivity index (χ3n) is 3.54. The fourth-order valence-electron chi connectivity index (χ4n) is 2.44. The average Bonchev–Trinajstić information content (AvgIpc) is 2.56. The molecule has 0 bridgehead atoms. The second kappa shape index (κ2) is 10.3. The Balaban J connectivity index is 2.35. The molecule has 0 aliphatic carbocycles. The molecule has 27 heavy (non-hydrogen) atoms. The minimum atomic E-state index is -2.17. The van der Waals surface area contributed by atoms with Gasteiger partial charge in [0, 0.05) is 0 Å². The molecule has 0 fully saturated rings. The van der Waals surface area contributed by atoms with Crippen LogP contribution in [0, 0.1) is 11.6 Å². The molecule has 2 rings (SSSR count). The van der Waals surface area contributed by atoms with Gasteiger partial charge in [0.1, 0.15) is 0 Å². The van der Waals surface area contributed by atoms with Gasteiger partial charge >= 0.3 is 171 Å². The fraction of sp³-hybridized carbons (Fsp3) is 0.263. The Hall–Kier alpha value is -1.36. The first-order valence-corrected chi connectivity index (χ1v) is 13.5. The Kier molecular flexibility index (Phi) is 8.34. The molecule has 0 radical (unpaired) electrons. The van der Waals surface area contributed by atoms with Gasteiger partial charge in [-0.1, -0.05) is 0 Å². The van der Waals surface area contributed by atoms with Crippen molar-refractivity contribution in [3.8, 4) is 0 Å². The zero-order valence-corrected chi connectivity index (χ0v) is 18.0. The van der Waals surface area contributed by atoms with Gasteiger partial charge in [-0.15, -0.1) is 0 Å². The van der Waals surface area contributed by atoms with Gasteiger partial charge in [-0.3, -0.25) is 0 Å². The molecule has 0 aliphatic heterocycles. The minimum absolute atomic E-state index is 0.0381. The first-order valence-electron chi connectivity index (χ1n) is 8.06. The molecule has 0 atom stereocenters. The van der Waals surface area contributed by atoms with Gasteiger partial charge in [0.25, 0.3) is 0 Å². The van der Waals surface area contributed by atoms with Crippen molar-refractivity contribution < 1.29 is 31.8 Å². The number of hydrogen-bond acceptors (Lipinski definition) is 3. The Morgan fingerprint density at radius 3 is 2.37 bits per heavy atom. The van der Waals surface area contributed by atoms with Crippen molar-refractivity contribution in [2.75, 3.05) is 11.4 Å². The van der Waals surface area contributed by atoms with Gasteiger partial charge in [0.05, 0.1) is 0 Å². The van der Waals surface area contributed by atoms with Crippen molar-refractivity contribution in [1.29, 1.82) is 0 Å². The summed E-state index contributed by atoms with van der Waals surface area (Å²) in [4.78, 5) is 13.9. The molecule has 0 N–H and O–H groups in total. The Bertz CT molecular complexity index is 825. The van der Waals surface area contributed by atoms with Crippen molar-refractivity contribution >= 4 is 35.6 Å². The monoisotopic (exact) mass is 503 g/mol. The summed E-state index contributed by atoms with van der Waals surface area (Å²) < 4.78 is 33.8. The van der Waals surface area contributed by atoms with Crippen LogP contribution in [0.3, 0.4) is 0 Å². The summed E-state index contributed by atoms with van der Waals surface area (Å²) >= 11 is -2.17. The van der Waals surface area contributed by atoms with Crippen LogP contribution in [0.4, 0.5) is 14.5 Å². The van der Waals surface area contributed by atoms with E-state index < -0.39 is 25.3 Å². The topological polar surface area (TPSA) is 29.5 Å². The summed E-state index contributed by atoms with van der Waals surface area (Å²) in [6.45, 7) is 3.77. The SMILES string of the molecule is CC(C)OC(=O)CN(Cc1ccc(F)cc1[CH]=[Ru]([Cl])[Cl])c1ccc(F)cc1. The Morgan fingerprint density at radius 2 is 1.78 bits per heavy atom. The zero-order valence-electron chi connectivity index (χ0n) is 14.7. The van der Waals surface area contributed by atoms with E-state index in [-0.39, 0.29) is 25.0 Å². The van der Waals surface area contributed by atoms with Gasteiger partial charge in [-0.2, -0.15) is 0 Å². The summed E-state index contributed by atoms with van der Waals surface area (Å²) in [5.41, 5.74) is 1.97. The number of hydrogen-bond donors (Lipinski definition) is 0. The van der Waals surface area contributed by atoms with Gasteiger partial charge in [0.2, 0.25) is 0 Å². The number of nitrogens with zero attached hydrogens (tertiary/aromatic N) is 1. The number of benzene rings is 2. The Labute approximate surface area is 170 Å². The van der Waals surface area contributed by atoms with E-state index in [1.165, 1.54) is 24.3 Å². The predicted octanol–water partition coefficient (Wildman–Crippen LogP) is 5.00. The maximum atomic E-state index is 13.6. The summed E-state index contributed by atoms with van der Waals surface area (Å²) in [6, 6.07) is 10.1. The molecule has 0 aliphatic rings. The normalized spacial score (nSPS) is 11.3. The van der Waals surface area contributed by atoms with Crippen molar-refractivity contribution in [3.63, 3.8) is 0 Å². The van der Waals surface area contributed by atoms with Crippen LogP contribution in [0.5, 0.6) is 0 Å². The van der Waals surface area contributed by atoms with Gasteiger partial charge in [0.15, 0.2) is 0 Å². The standard InChI is InChI=1S/C19H19F2NO2.2ClH.Ru/c1-13(2)24-19(23)12-22(18-8-6-16(20)7-9-18)11-15-4-5-17(21)10-14(15)3;;;/h3-10,13H,11-12H2,1-2H3;2*1H;/q;;;+2/p-2. The third kappa shape index (κ3) is 7.29. The van der Waals surface area contributed by atoms with E-state index in [2.05, 4.69) is 0 Å². The number of anilines is 1. The van der Waals surface area contributed by atoms with Crippen molar-refractivity contribution in [3.05, 3.63) is 65.2 Å². The van der Waals surface area contributed by atoms with E-state index in [9.17, 15) is 13.6 Å². The first-order chi connectivity index (χ1) is 12.7. The van der Waals surface area contributed by atoms with Crippen LogP contribution in [-0.4, -0.2) is 23.2 Å². The van der Waals surface area contributed by atoms with Gasteiger partial charge in [-0.25, -0.2) is 0 Å². The third-order valence-corrected chi connectivity index (χ3v) is 5.37. The van der Waals surface area contributed by atoms with Gasteiger partial charge < -0.3 is 0 Å². The molecule has 0 amide bonds. The van der Waals surface area contributed by atoms with E-state index in [4.69, 9.17) is 24.1 Å². The Morgan fingerprint density at radius 1 is 1.15 bits per heavy atom. The van der Waals surface area contributed by atoms with Crippen LogP contribution in [0.25, 0.3) is 0 Å². The molecular formula is C19H19Cl2F2NO2Ru. The van der Waals surface area contributed by atoms with Crippen molar-refractivity contribution in [2.45, 2.75) is 26.5 Å². The second-order valence-electron chi connectivity index (χ2n) is 6.02. The van der Waals surface area contributed by atoms with Crippen LogP contribution >= 0.6 is 19.4 Å². The molecule has 0 spiro atoms. The summed E-state index contributed by atoms with van der Waals surface area (Å²) in [6.07, 6.45) is -0.248. The van der Waals surface area contributed by atoms with Crippen LogP contribution < -0.4 is 4.90 Å². The number of carbonyl (C=O) groups is 1. The number of esters is 1.